The molecule has 0 aromatic heterocycles. The summed E-state index contributed by atoms with van der Waals surface area (Å²) in [5.41, 5.74) is 0.722. The van der Waals surface area contributed by atoms with Gasteiger partial charge in [-0.3, -0.25) is 0 Å². The van der Waals surface area contributed by atoms with E-state index in [2.05, 4.69) is 9.71 Å². The van der Waals surface area contributed by atoms with Crippen LogP contribution in [0.3, 0.4) is 0 Å². The summed E-state index contributed by atoms with van der Waals surface area (Å²) in [7, 11) is -3.60. The van der Waals surface area contributed by atoms with E-state index in [0.717, 1.165) is 18.4 Å². The van der Waals surface area contributed by atoms with Gasteiger partial charge in [0.1, 0.15) is 17.2 Å². The van der Waals surface area contributed by atoms with Crippen molar-refractivity contribution in [3.05, 3.63) is 35.6 Å². The van der Waals surface area contributed by atoms with E-state index in [-0.39, 0.29) is 24.5 Å². The van der Waals surface area contributed by atoms with Crippen molar-refractivity contribution in [2.24, 2.45) is 4.40 Å². The Kier molecular flexibility index (Phi) is 5.05. The molecule has 1 heterocycles. The van der Waals surface area contributed by atoms with Crippen LogP contribution in [0.4, 0.5) is 4.39 Å². The smallest absolute Gasteiger partial charge is 0.301 e. The zero-order chi connectivity index (χ0) is 17.2. The largest absolute Gasteiger partial charge is 0.460 e. The van der Waals surface area contributed by atoms with E-state index in [1.807, 2.05) is 0 Å². The molecule has 0 amide bonds. The van der Waals surface area contributed by atoms with Crippen LogP contribution in [0.25, 0.3) is 0 Å². The van der Waals surface area contributed by atoms with Crippen molar-refractivity contribution < 1.29 is 22.7 Å². The van der Waals surface area contributed by atoms with Gasteiger partial charge < -0.3 is 15.2 Å². The number of aliphatic hydroxyl groups is 1. The van der Waals surface area contributed by atoms with Crippen LogP contribution in [-0.2, 0) is 14.8 Å². The first kappa shape index (κ1) is 17.2. The van der Waals surface area contributed by atoms with E-state index in [1.54, 1.807) is 12.1 Å². The Balaban J connectivity index is 1.81. The molecule has 8 heteroatoms. The number of nitrogens with zero attached hydrogens (tertiary/aromatic N) is 1. The van der Waals surface area contributed by atoms with Crippen molar-refractivity contribution in [3.8, 4) is 0 Å². The van der Waals surface area contributed by atoms with Gasteiger partial charge in [0.15, 0.2) is 0 Å². The Morgan fingerprint density at radius 2 is 2.00 bits per heavy atom. The van der Waals surface area contributed by atoms with Crippen LogP contribution in [0.2, 0.25) is 0 Å². The fourth-order valence-corrected chi connectivity index (χ4v) is 4.74. The van der Waals surface area contributed by atoms with Crippen LogP contribution in [0.15, 0.2) is 28.7 Å². The number of amidine groups is 1. The third-order valence-electron chi connectivity index (χ3n) is 4.49. The van der Waals surface area contributed by atoms with E-state index in [9.17, 15) is 17.9 Å². The number of sulfonamides is 1. The van der Waals surface area contributed by atoms with Crippen LogP contribution >= 0.6 is 0 Å². The van der Waals surface area contributed by atoms with Crippen molar-refractivity contribution in [1.82, 2.24) is 5.32 Å². The normalized spacial score (nSPS) is 26.7. The molecule has 0 spiro atoms. The first-order chi connectivity index (χ1) is 11.5. The lowest BCUT2D eigenvalue weighted by molar-refractivity contribution is 0.130. The number of aliphatic hydroxyl groups excluding tert-OH is 1. The summed E-state index contributed by atoms with van der Waals surface area (Å²) in [6.45, 7) is -0.110. The van der Waals surface area contributed by atoms with Crippen molar-refractivity contribution >= 4 is 16.0 Å². The van der Waals surface area contributed by atoms with Gasteiger partial charge in [0.25, 0.3) is 10.0 Å². The van der Waals surface area contributed by atoms with Gasteiger partial charge in [-0.25, -0.2) is 12.8 Å². The first-order valence-electron chi connectivity index (χ1n) is 8.13. The van der Waals surface area contributed by atoms with Crippen LogP contribution in [-0.4, -0.2) is 37.5 Å². The second-order valence-corrected chi connectivity index (χ2v) is 7.97. The Labute approximate surface area is 140 Å². The lowest BCUT2D eigenvalue weighted by Crippen LogP contribution is -2.47. The number of hydrogen-bond acceptors (Lipinski definition) is 5. The van der Waals surface area contributed by atoms with E-state index >= 15 is 0 Å². The molecule has 24 heavy (non-hydrogen) atoms. The van der Waals surface area contributed by atoms with Crippen LogP contribution in [0.1, 0.15) is 43.7 Å². The van der Waals surface area contributed by atoms with Gasteiger partial charge in [0.05, 0.1) is 6.04 Å². The Bertz CT molecular complexity index is 705. The molecule has 6 nitrogen and oxygen atoms in total. The molecule has 3 rings (SSSR count). The van der Waals surface area contributed by atoms with E-state index < -0.39 is 21.3 Å². The van der Waals surface area contributed by atoms with Gasteiger partial charge in [-0.15, -0.1) is 4.40 Å². The first-order valence-corrected chi connectivity index (χ1v) is 9.63. The summed E-state index contributed by atoms with van der Waals surface area (Å²) in [5.74, 6) is -0.361. The van der Waals surface area contributed by atoms with Gasteiger partial charge >= 0.3 is 6.02 Å². The van der Waals surface area contributed by atoms with Crippen molar-refractivity contribution in [2.75, 3.05) is 6.61 Å². The molecule has 0 saturated heterocycles. The van der Waals surface area contributed by atoms with Crippen LogP contribution in [0.5, 0.6) is 0 Å². The molecule has 0 radical (unpaired) electrons. The second kappa shape index (κ2) is 7.06. The number of halogens is 1. The van der Waals surface area contributed by atoms with Crippen molar-refractivity contribution in [3.63, 3.8) is 0 Å². The standard InChI is InChI=1S/C16H21FN2O4S/c17-12-7-5-11(6-8-12)13(9-10-20)18-16-19-24(21,22)15-4-2-1-3-14(15)23-16/h5-8,13-15,20H,1-4,9-10H2,(H,18,19)/t13-,14?,15?/m0/s1. The minimum absolute atomic E-state index is 0.0408. The third kappa shape index (κ3) is 3.70. The highest BCUT2D eigenvalue weighted by Gasteiger charge is 2.41. The number of ether oxygens (including phenoxy) is 1. The highest BCUT2D eigenvalue weighted by Crippen LogP contribution is 2.31. The zero-order valence-corrected chi connectivity index (χ0v) is 14.0. The average Bonchev–Trinajstić information content (AvgIpc) is 2.55. The van der Waals surface area contributed by atoms with Crippen LogP contribution in [0, 0.1) is 5.82 Å². The molecule has 0 bridgehead atoms. The van der Waals surface area contributed by atoms with Gasteiger partial charge in [-0.1, -0.05) is 18.6 Å². The molecule has 1 aromatic carbocycles. The van der Waals surface area contributed by atoms with Gasteiger partial charge in [0, 0.05) is 6.61 Å². The Morgan fingerprint density at radius 1 is 1.29 bits per heavy atom. The molecule has 132 valence electrons. The molecular formula is C16H21FN2O4S. The fraction of sp³-hybridized carbons (Fsp3) is 0.562. The van der Waals surface area contributed by atoms with Gasteiger partial charge in [0.2, 0.25) is 0 Å². The number of rotatable bonds is 4. The molecule has 1 aromatic rings. The minimum Gasteiger partial charge on any atom is -0.460 e. The lowest BCUT2D eigenvalue weighted by atomic mass is 9.97. The summed E-state index contributed by atoms with van der Waals surface area (Å²) < 4.78 is 47.3. The average molecular weight is 356 g/mol. The minimum atomic E-state index is -3.60. The maximum atomic E-state index is 13.1. The lowest BCUT2D eigenvalue weighted by Gasteiger charge is -2.34. The monoisotopic (exact) mass is 356 g/mol. The molecule has 2 N–H and O–H groups in total. The molecule has 1 saturated carbocycles. The van der Waals surface area contributed by atoms with Crippen molar-refractivity contribution in [1.29, 1.82) is 0 Å². The third-order valence-corrected chi connectivity index (χ3v) is 6.21. The molecular weight excluding hydrogens is 335 g/mol. The van der Waals surface area contributed by atoms with Crippen molar-refractivity contribution in [2.45, 2.75) is 49.5 Å². The topological polar surface area (TPSA) is 88.0 Å². The summed E-state index contributed by atoms with van der Waals surface area (Å²) >= 11 is 0. The fourth-order valence-electron chi connectivity index (χ4n) is 3.24. The maximum Gasteiger partial charge on any atom is 0.301 e. The maximum absolute atomic E-state index is 13.1. The quantitative estimate of drug-likeness (QED) is 0.860. The summed E-state index contributed by atoms with van der Waals surface area (Å²) in [6.07, 6.45) is 2.99. The van der Waals surface area contributed by atoms with E-state index in [0.29, 0.717) is 19.3 Å². The number of fused-ring (bicyclic) bond motifs is 1. The molecule has 2 aliphatic rings. The summed E-state index contributed by atoms with van der Waals surface area (Å²) in [4.78, 5) is 0. The molecule has 1 aliphatic carbocycles. The number of nitrogens with one attached hydrogen (secondary N) is 1. The predicted octanol–water partition coefficient (Wildman–Crippen LogP) is 1.87. The number of benzene rings is 1. The zero-order valence-electron chi connectivity index (χ0n) is 13.2. The van der Waals surface area contributed by atoms with Gasteiger partial charge in [-0.2, -0.15) is 0 Å². The molecule has 3 atom stereocenters. The summed E-state index contributed by atoms with van der Waals surface area (Å²) in [5, 5.41) is 11.6. The SMILES string of the molecule is O=S1(=O)N=C(N[C@@H](CCO)c2ccc(F)cc2)OC2CCCCC21. The summed E-state index contributed by atoms with van der Waals surface area (Å²) in [6, 6.07) is 5.36. The molecule has 1 aliphatic heterocycles. The van der Waals surface area contributed by atoms with E-state index in [4.69, 9.17) is 4.74 Å². The van der Waals surface area contributed by atoms with E-state index in [1.165, 1.54) is 12.1 Å². The van der Waals surface area contributed by atoms with Gasteiger partial charge in [-0.05, 0) is 43.4 Å². The Morgan fingerprint density at radius 3 is 2.71 bits per heavy atom. The highest BCUT2D eigenvalue weighted by atomic mass is 32.2. The highest BCUT2D eigenvalue weighted by molar-refractivity contribution is 7.91. The number of hydrogen-bond donors (Lipinski definition) is 2. The van der Waals surface area contributed by atoms with Crippen LogP contribution < -0.4 is 5.32 Å². The Hall–Kier alpha value is -1.67. The second-order valence-electron chi connectivity index (χ2n) is 6.15. The predicted molar refractivity (Wildman–Crippen MR) is 87.5 cm³/mol. The molecule has 1 fully saturated rings. The molecule has 2 unspecified atom stereocenters.